The number of halogens is 1. The molecule has 6 heteroatoms. The monoisotopic (exact) mass is 454 g/mol. The SMILES string of the molecule is CCCN1CCC(CNC(=NC)N2CCSC(C)(C)C2)CC1.I. The highest BCUT2D eigenvalue weighted by atomic mass is 127. The van der Waals surface area contributed by atoms with Crippen LogP contribution in [0.3, 0.4) is 0 Å². The van der Waals surface area contributed by atoms with Gasteiger partial charge in [-0.25, -0.2) is 0 Å². The number of nitrogens with zero attached hydrogens (tertiary/aromatic N) is 3. The molecule has 0 spiro atoms. The minimum absolute atomic E-state index is 0. The first-order valence-corrected chi connectivity index (χ1v) is 9.84. The first kappa shape index (κ1) is 21.4. The van der Waals surface area contributed by atoms with E-state index in [0.29, 0.717) is 4.75 Å². The van der Waals surface area contributed by atoms with Gasteiger partial charge in [0.25, 0.3) is 0 Å². The third-order valence-electron chi connectivity index (χ3n) is 4.73. The fourth-order valence-corrected chi connectivity index (χ4v) is 4.61. The number of hydrogen-bond acceptors (Lipinski definition) is 3. The van der Waals surface area contributed by atoms with Crippen molar-refractivity contribution < 1.29 is 0 Å². The molecular weight excluding hydrogens is 419 g/mol. The molecule has 0 unspecified atom stereocenters. The summed E-state index contributed by atoms with van der Waals surface area (Å²) < 4.78 is 0.335. The second kappa shape index (κ2) is 10.3. The summed E-state index contributed by atoms with van der Waals surface area (Å²) in [7, 11) is 1.92. The molecule has 2 saturated heterocycles. The molecular formula is C17H35IN4S. The lowest BCUT2D eigenvalue weighted by molar-refractivity contribution is 0.184. The molecule has 136 valence electrons. The molecule has 0 saturated carbocycles. The first-order chi connectivity index (χ1) is 10.5. The molecule has 2 fully saturated rings. The Kier molecular flexibility index (Phi) is 9.59. The van der Waals surface area contributed by atoms with E-state index < -0.39 is 0 Å². The van der Waals surface area contributed by atoms with Crippen LogP contribution >= 0.6 is 35.7 Å². The van der Waals surface area contributed by atoms with Crippen LogP contribution < -0.4 is 5.32 Å². The van der Waals surface area contributed by atoms with Crippen LogP contribution in [0.25, 0.3) is 0 Å². The van der Waals surface area contributed by atoms with Gasteiger partial charge in [0.15, 0.2) is 5.96 Å². The molecule has 0 aromatic rings. The molecule has 0 aromatic carbocycles. The minimum Gasteiger partial charge on any atom is -0.356 e. The Morgan fingerprint density at radius 1 is 1.26 bits per heavy atom. The van der Waals surface area contributed by atoms with Gasteiger partial charge in [-0.2, -0.15) is 11.8 Å². The molecule has 4 nitrogen and oxygen atoms in total. The summed E-state index contributed by atoms with van der Waals surface area (Å²) in [5.74, 6) is 3.10. The van der Waals surface area contributed by atoms with Gasteiger partial charge in [-0.15, -0.1) is 24.0 Å². The average Bonchev–Trinajstić information content (AvgIpc) is 2.49. The normalized spacial score (nSPS) is 23.5. The van der Waals surface area contributed by atoms with Crippen molar-refractivity contribution in [2.45, 2.75) is 44.8 Å². The van der Waals surface area contributed by atoms with Crippen molar-refractivity contribution in [2.75, 3.05) is 52.1 Å². The van der Waals surface area contributed by atoms with Crippen LogP contribution in [0.5, 0.6) is 0 Å². The van der Waals surface area contributed by atoms with Gasteiger partial charge in [0.05, 0.1) is 0 Å². The summed E-state index contributed by atoms with van der Waals surface area (Å²) in [6.07, 6.45) is 3.93. The highest BCUT2D eigenvalue weighted by molar-refractivity contribution is 14.0. The maximum atomic E-state index is 4.52. The van der Waals surface area contributed by atoms with Crippen LogP contribution in [-0.2, 0) is 0 Å². The zero-order valence-corrected chi connectivity index (χ0v) is 18.5. The first-order valence-electron chi connectivity index (χ1n) is 8.86. The second-order valence-electron chi connectivity index (χ2n) is 7.24. The molecule has 2 rings (SSSR count). The standard InChI is InChI=1S/C17H34N4S.HI/c1-5-8-20-9-6-15(7-10-20)13-19-16(18-4)21-11-12-22-17(2,3)14-21;/h15H,5-14H2,1-4H3,(H,18,19);1H. The number of piperidine rings is 1. The maximum Gasteiger partial charge on any atom is 0.193 e. The van der Waals surface area contributed by atoms with Crippen molar-refractivity contribution in [3.05, 3.63) is 0 Å². The van der Waals surface area contributed by atoms with E-state index in [1.54, 1.807) is 0 Å². The number of thioether (sulfide) groups is 1. The number of guanidine groups is 1. The summed E-state index contributed by atoms with van der Waals surface area (Å²) >= 11 is 2.07. The van der Waals surface area contributed by atoms with Crippen LogP contribution in [0.2, 0.25) is 0 Å². The highest BCUT2D eigenvalue weighted by Crippen LogP contribution is 2.29. The van der Waals surface area contributed by atoms with Crippen molar-refractivity contribution in [2.24, 2.45) is 10.9 Å². The summed E-state index contributed by atoms with van der Waals surface area (Å²) in [6, 6.07) is 0. The molecule has 0 amide bonds. The largest absolute Gasteiger partial charge is 0.356 e. The van der Waals surface area contributed by atoms with Gasteiger partial charge in [0.2, 0.25) is 0 Å². The second-order valence-corrected chi connectivity index (χ2v) is 9.04. The van der Waals surface area contributed by atoms with Crippen molar-refractivity contribution in [3.63, 3.8) is 0 Å². The van der Waals surface area contributed by atoms with Gasteiger partial charge in [0, 0.05) is 37.2 Å². The van der Waals surface area contributed by atoms with Gasteiger partial charge in [-0.05, 0) is 58.7 Å². The van der Waals surface area contributed by atoms with Gasteiger partial charge >= 0.3 is 0 Å². The Morgan fingerprint density at radius 3 is 2.52 bits per heavy atom. The third kappa shape index (κ3) is 6.98. The van der Waals surface area contributed by atoms with Crippen LogP contribution in [0.4, 0.5) is 0 Å². The molecule has 0 radical (unpaired) electrons. The number of rotatable bonds is 4. The van der Waals surface area contributed by atoms with Crippen LogP contribution in [0.15, 0.2) is 4.99 Å². The predicted octanol–water partition coefficient (Wildman–Crippen LogP) is 3.13. The van der Waals surface area contributed by atoms with E-state index in [9.17, 15) is 0 Å². The summed E-state index contributed by atoms with van der Waals surface area (Å²) in [4.78, 5) is 9.56. The zero-order valence-electron chi connectivity index (χ0n) is 15.3. The molecule has 2 aliphatic rings. The lowest BCUT2D eigenvalue weighted by Crippen LogP contribution is -2.52. The third-order valence-corrected chi connectivity index (χ3v) is 6.03. The van der Waals surface area contributed by atoms with E-state index in [1.165, 1.54) is 44.6 Å². The molecule has 2 heterocycles. The Hall–Kier alpha value is 0.310. The van der Waals surface area contributed by atoms with Crippen molar-refractivity contribution in [3.8, 4) is 0 Å². The summed E-state index contributed by atoms with van der Waals surface area (Å²) in [5.41, 5.74) is 0. The number of aliphatic imine (C=N–C) groups is 1. The Bertz CT molecular complexity index is 368. The van der Waals surface area contributed by atoms with Crippen molar-refractivity contribution in [1.82, 2.24) is 15.1 Å². The fourth-order valence-electron chi connectivity index (χ4n) is 3.50. The van der Waals surface area contributed by atoms with Gasteiger partial charge in [-0.1, -0.05) is 6.92 Å². The van der Waals surface area contributed by atoms with E-state index in [-0.39, 0.29) is 24.0 Å². The summed E-state index contributed by atoms with van der Waals surface area (Å²) in [6.45, 7) is 14.0. The fraction of sp³-hybridized carbons (Fsp3) is 0.941. The van der Waals surface area contributed by atoms with Gasteiger partial charge in [0.1, 0.15) is 0 Å². The smallest absolute Gasteiger partial charge is 0.193 e. The van der Waals surface area contributed by atoms with Crippen molar-refractivity contribution >= 4 is 41.7 Å². The molecule has 23 heavy (non-hydrogen) atoms. The van der Waals surface area contributed by atoms with E-state index >= 15 is 0 Å². The van der Waals surface area contributed by atoms with E-state index in [0.717, 1.165) is 31.5 Å². The summed E-state index contributed by atoms with van der Waals surface area (Å²) in [5, 5.41) is 3.64. The Balaban J connectivity index is 0.00000264. The minimum atomic E-state index is 0. The molecule has 0 bridgehead atoms. The number of likely N-dealkylation sites (tertiary alicyclic amines) is 1. The van der Waals surface area contributed by atoms with E-state index in [1.807, 2.05) is 7.05 Å². The average molecular weight is 454 g/mol. The van der Waals surface area contributed by atoms with Crippen LogP contribution in [-0.4, -0.2) is 72.6 Å². The van der Waals surface area contributed by atoms with Crippen molar-refractivity contribution in [1.29, 1.82) is 0 Å². The molecule has 0 atom stereocenters. The molecule has 1 N–H and O–H groups in total. The highest BCUT2D eigenvalue weighted by Gasteiger charge is 2.29. The quantitative estimate of drug-likeness (QED) is 0.402. The Labute approximate surface area is 164 Å². The number of hydrogen-bond donors (Lipinski definition) is 1. The van der Waals surface area contributed by atoms with E-state index in [4.69, 9.17) is 0 Å². The topological polar surface area (TPSA) is 30.9 Å². The molecule has 0 aromatic heterocycles. The van der Waals surface area contributed by atoms with Gasteiger partial charge < -0.3 is 15.1 Å². The Morgan fingerprint density at radius 2 is 1.96 bits per heavy atom. The zero-order chi connectivity index (χ0) is 16.0. The predicted molar refractivity (Wildman–Crippen MR) is 114 cm³/mol. The maximum absolute atomic E-state index is 4.52. The van der Waals surface area contributed by atoms with Crippen LogP contribution in [0, 0.1) is 5.92 Å². The van der Waals surface area contributed by atoms with E-state index in [2.05, 4.69) is 52.6 Å². The lowest BCUT2D eigenvalue weighted by Gasteiger charge is -2.39. The molecule has 0 aliphatic carbocycles. The van der Waals surface area contributed by atoms with Gasteiger partial charge in [-0.3, -0.25) is 4.99 Å². The van der Waals surface area contributed by atoms with Crippen LogP contribution in [0.1, 0.15) is 40.0 Å². The number of nitrogens with one attached hydrogen (secondary N) is 1. The lowest BCUT2D eigenvalue weighted by atomic mass is 9.97. The molecule has 2 aliphatic heterocycles.